The largest absolute Gasteiger partial charge is 0.242 e. The summed E-state index contributed by atoms with van der Waals surface area (Å²) in [5, 5.41) is 0. The molecule has 1 unspecified atom stereocenters. The van der Waals surface area contributed by atoms with Crippen LogP contribution >= 0.6 is 15.9 Å². The topological polar surface area (TPSA) is 29.1 Å². The Morgan fingerprint density at radius 2 is 1.83 bits per heavy atom. The van der Waals surface area contributed by atoms with Gasteiger partial charge in [0.25, 0.3) is 0 Å². The number of nitrogens with one attached hydrogen (secondary N) is 1. The smallest absolute Gasteiger partial charge is 0.0975 e. The van der Waals surface area contributed by atoms with Crippen molar-refractivity contribution in [2.24, 2.45) is 0 Å². The fourth-order valence-corrected chi connectivity index (χ4v) is 2.41. The second-order valence-electron chi connectivity index (χ2n) is 4.78. The average molecular weight is 334 g/mol. The van der Waals surface area contributed by atoms with Crippen LogP contribution in [0.15, 0.2) is 28.7 Å². The average Bonchev–Trinajstić information content (AvgIpc) is 2.30. The third kappa shape index (κ3) is 6.12. The SMILES string of the molecule is CC.CC(N[S@](=O)C(C)(C)C)c1cccc(Br)c1. The lowest BCUT2D eigenvalue weighted by molar-refractivity contribution is 0.616. The third-order valence-electron chi connectivity index (χ3n) is 2.19. The minimum Gasteiger partial charge on any atom is -0.242 e. The molecule has 0 amide bonds. The van der Waals surface area contributed by atoms with Crippen molar-refractivity contribution in [3.8, 4) is 0 Å². The van der Waals surface area contributed by atoms with Crippen molar-refractivity contribution in [1.82, 2.24) is 4.72 Å². The van der Waals surface area contributed by atoms with E-state index in [0.717, 1.165) is 10.0 Å². The molecule has 0 bridgehead atoms. The summed E-state index contributed by atoms with van der Waals surface area (Å²) in [5.41, 5.74) is 1.13. The molecule has 0 aromatic heterocycles. The Morgan fingerprint density at radius 3 is 2.28 bits per heavy atom. The first-order chi connectivity index (χ1) is 8.30. The Hall–Kier alpha value is -0.190. The lowest BCUT2D eigenvalue weighted by Gasteiger charge is -2.22. The highest BCUT2D eigenvalue weighted by Gasteiger charge is 2.21. The van der Waals surface area contributed by atoms with E-state index in [4.69, 9.17) is 0 Å². The molecule has 0 saturated carbocycles. The van der Waals surface area contributed by atoms with Gasteiger partial charge in [-0.05, 0) is 45.4 Å². The highest BCUT2D eigenvalue weighted by atomic mass is 79.9. The Morgan fingerprint density at radius 1 is 1.28 bits per heavy atom. The van der Waals surface area contributed by atoms with Gasteiger partial charge in [0.1, 0.15) is 0 Å². The van der Waals surface area contributed by atoms with E-state index < -0.39 is 11.0 Å². The molecule has 1 aromatic carbocycles. The highest BCUT2D eigenvalue weighted by Crippen LogP contribution is 2.20. The predicted octanol–water partition coefficient (Wildman–Crippen LogP) is 4.59. The molecule has 1 N–H and O–H groups in total. The zero-order valence-corrected chi connectivity index (χ0v) is 14.5. The molecule has 0 heterocycles. The van der Waals surface area contributed by atoms with E-state index in [9.17, 15) is 4.21 Å². The van der Waals surface area contributed by atoms with Crippen LogP contribution in [0.5, 0.6) is 0 Å². The van der Waals surface area contributed by atoms with E-state index >= 15 is 0 Å². The van der Waals surface area contributed by atoms with Gasteiger partial charge in [0, 0.05) is 10.5 Å². The summed E-state index contributed by atoms with van der Waals surface area (Å²) in [7, 11) is -1.04. The van der Waals surface area contributed by atoms with Gasteiger partial charge in [-0.15, -0.1) is 0 Å². The molecule has 2 nitrogen and oxygen atoms in total. The fraction of sp³-hybridized carbons (Fsp3) is 0.571. The molecular weight excluding hydrogens is 310 g/mol. The third-order valence-corrected chi connectivity index (χ3v) is 4.36. The van der Waals surface area contributed by atoms with Crippen LogP contribution in [0.1, 0.15) is 53.1 Å². The summed E-state index contributed by atoms with van der Waals surface area (Å²) in [6.07, 6.45) is 0. The van der Waals surface area contributed by atoms with E-state index in [0.29, 0.717) is 0 Å². The Balaban J connectivity index is 0.00000137. The standard InChI is InChI=1S/C12H18BrNOS.C2H6/c1-9(14-16(15)12(2,3)4)10-6-5-7-11(13)8-10;1-2/h5-9,14H,1-4H3;1-2H3/t9?,16-;/m1./s1. The number of halogens is 1. The molecule has 1 rings (SSSR count). The van der Waals surface area contributed by atoms with Gasteiger partial charge in [-0.2, -0.15) is 0 Å². The van der Waals surface area contributed by atoms with Gasteiger partial charge >= 0.3 is 0 Å². The van der Waals surface area contributed by atoms with Gasteiger partial charge in [-0.1, -0.05) is 41.9 Å². The van der Waals surface area contributed by atoms with Gasteiger partial charge < -0.3 is 0 Å². The van der Waals surface area contributed by atoms with Crippen molar-refractivity contribution in [2.45, 2.75) is 52.3 Å². The van der Waals surface area contributed by atoms with E-state index in [1.165, 1.54) is 0 Å². The summed E-state index contributed by atoms with van der Waals surface area (Å²) >= 11 is 3.43. The lowest BCUT2D eigenvalue weighted by Crippen LogP contribution is -2.34. The van der Waals surface area contributed by atoms with Gasteiger partial charge in [-0.3, -0.25) is 0 Å². The van der Waals surface area contributed by atoms with Gasteiger partial charge in [0.15, 0.2) is 0 Å². The second kappa shape index (κ2) is 8.08. The number of benzene rings is 1. The van der Waals surface area contributed by atoms with Gasteiger partial charge in [0.05, 0.1) is 15.7 Å². The Bertz CT molecular complexity index is 388. The summed E-state index contributed by atoms with van der Waals surface area (Å²) < 4.78 is 15.8. The maximum absolute atomic E-state index is 11.9. The van der Waals surface area contributed by atoms with Crippen molar-refractivity contribution in [2.75, 3.05) is 0 Å². The maximum Gasteiger partial charge on any atom is 0.0975 e. The minimum atomic E-state index is -1.04. The number of hydrogen-bond donors (Lipinski definition) is 1. The van der Waals surface area contributed by atoms with Crippen molar-refractivity contribution >= 4 is 26.9 Å². The number of rotatable bonds is 3. The van der Waals surface area contributed by atoms with Crippen LogP contribution in [0, 0.1) is 0 Å². The van der Waals surface area contributed by atoms with Crippen LogP contribution in [0.3, 0.4) is 0 Å². The summed E-state index contributed by atoms with van der Waals surface area (Å²) in [6, 6.07) is 8.12. The summed E-state index contributed by atoms with van der Waals surface area (Å²) in [6.45, 7) is 11.9. The first-order valence-corrected chi connectivity index (χ1v) is 8.18. The van der Waals surface area contributed by atoms with Gasteiger partial charge in [-0.25, -0.2) is 8.93 Å². The monoisotopic (exact) mass is 333 g/mol. The predicted molar refractivity (Wildman–Crippen MR) is 84.9 cm³/mol. The van der Waals surface area contributed by atoms with Crippen LogP contribution < -0.4 is 4.72 Å². The molecule has 0 fully saturated rings. The molecule has 0 aliphatic rings. The molecule has 18 heavy (non-hydrogen) atoms. The van der Waals surface area contributed by atoms with E-state index in [2.05, 4.69) is 20.7 Å². The zero-order chi connectivity index (χ0) is 14.3. The lowest BCUT2D eigenvalue weighted by atomic mass is 10.1. The van der Waals surface area contributed by atoms with E-state index in [1.807, 2.05) is 65.8 Å². The van der Waals surface area contributed by atoms with Crippen LogP contribution in [0.2, 0.25) is 0 Å². The molecule has 0 radical (unpaired) electrons. The van der Waals surface area contributed by atoms with E-state index in [1.54, 1.807) is 0 Å². The molecule has 0 aliphatic carbocycles. The van der Waals surface area contributed by atoms with Crippen molar-refractivity contribution < 1.29 is 4.21 Å². The van der Waals surface area contributed by atoms with Crippen LogP contribution in [0.4, 0.5) is 0 Å². The van der Waals surface area contributed by atoms with Gasteiger partial charge in [0.2, 0.25) is 0 Å². The Labute approximate surface area is 122 Å². The molecule has 0 saturated heterocycles. The van der Waals surface area contributed by atoms with Crippen molar-refractivity contribution in [3.05, 3.63) is 34.3 Å². The molecule has 0 spiro atoms. The summed E-state index contributed by atoms with van der Waals surface area (Å²) in [4.78, 5) is 0. The van der Waals surface area contributed by atoms with Crippen LogP contribution in [0.25, 0.3) is 0 Å². The quantitative estimate of drug-likeness (QED) is 0.861. The Kier molecular flexibility index (Phi) is 7.99. The van der Waals surface area contributed by atoms with Crippen molar-refractivity contribution in [3.63, 3.8) is 0 Å². The fourth-order valence-electron chi connectivity index (χ4n) is 1.18. The second-order valence-corrected chi connectivity index (χ2v) is 7.69. The molecule has 0 aliphatic heterocycles. The highest BCUT2D eigenvalue weighted by molar-refractivity contribution is 9.10. The molecule has 1 aromatic rings. The number of hydrogen-bond acceptors (Lipinski definition) is 1. The first kappa shape index (κ1) is 17.8. The molecule has 4 heteroatoms. The normalized spacial score (nSPS) is 14.4. The van der Waals surface area contributed by atoms with Crippen LogP contribution in [-0.2, 0) is 11.0 Å². The molecule has 2 atom stereocenters. The van der Waals surface area contributed by atoms with Crippen LogP contribution in [-0.4, -0.2) is 8.96 Å². The minimum absolute atomic E-state index is 0.0811. The molecule has 104 valence electrons. The summed E-state index contributed by atoms with van der Waals surface area (Å²) in [5.74, 6) is 0. The van der Waals surface area contributed by atoms with E-state index in [-0.39, 0.29) is 10.8 Å². The first-order valence-electron chi connectivity index (χ1n) is 6.24. The maximum atomic E-state index is 11.9. The molecular formula is C14H24BrNOS. The zero-order valence-electron chi connectivity index (χ0n) is 12.1. The van der Waals surface area contributed by atoms with Crippen molar-refractivity contribution in [1.29, 1.82) is 0 Å².